The first kappa shape index (κ1) is 21.2. The highest BCUT2D eigenvalue weighted by Crippen LogP contribution is 2.24. The minimum atomic E-state index is -3.58. The third-order valence-electron chi connectivity index (χ3n) is 5.16. The summed E-state index contributed by atoms with van der Waals surface area (Å²) in [7, 11) is -3.58. The Labute approximate surface area is 181 Å². The molecule has 0 amide bonds. The fraction of sp³-hybridized carbons (Fsp3) is 0.318. The Bertz CT molecular complexity index is 1180. The van der Waals surface area contributed by atoms with Crippen LogP contribution in [0.5, 0.6) is 0 Å². The fourth-order valence-electron chi connectivity index (χ4n) is 3.64. The monoisotopic (exact) mass is 440 g/mol. The van der Waals surface area contributed by atoms with Crippen LogP contribution in [0.3, 0.4) is 0 Å². The molecular weight excluding hydrogens is 416 g/mol. The Kier molecular flexibility index (Phi) is 6.15. The lowest BCUT2D eigenvalue weighted by Gasteiger charge is -2.24. The van der Waals surface area contributed by atoms with Crippen molar-refractivity contribution < 1.29 is 17.9 Å². The van der Waals surface area contributed by atoms with Crippen LogP contribution in [0, 0.1) is 0 Å². The predicted octanol–water partition coefficient (Wildman–Crippen LogP) is 2.71. The number of hydrogen-bond acceptors (Lipinski definition) is 7. The number of sulfonamides is 1. The van der Waals surface area contributed by atoms with Gasteiger partial charge in [-0.2, -0.15) is 4.31 Å². The quantitative estimate of drug-likeness (QED) is 0.563. The number of carbonyl (C=O) groups is 1. The first-order valence-electron chi connectivity index (χ1n) is 10.2. The molecule has 2 aromatic carbocycles. The number of fused-ring (bicyclic) bond motifs is 1. The van der Waals surface area contributed by atoms with Crippen molar-refractivity contribution in [2.75, 3.05) is 37.7 Å². The molecule has 1 aliphatic heterocycles. The summed E-state index contributed by atoms with van der Waals surface area (Å²) in [4.78, 5) is 24.0. The summed E-state index contributed by atoms with van der Waals surface area (Å²) in [5, 5.41) is 0. The molecule has 162 valence electrons. The Hall–Kier alpha value is -3.04. The second-order valence-electron chi connectivity index (χ2n) is 7.16. The lowest BCUT2D eigenvalue weighted by atomic mass is 10.2. The normalized spacial score (nSPS) is 15.6. The third kappa shape index (κ3) is 4.38. The van der Waals surface area contributed by atoms with E-state index < -0.39 is 16.0 Å². The van der Waals surface area contributed by atoms with Gasteiger partial charge in [-0.05, 0) is 37.6 Å². The van der Waals surface area contributed by atoms with Gasteiger partial charge in [0.1, 0.15) is 0 Å². The second-order valence-corrected chi connectivity index (χ2v) is 9.10. The van der Waals surface area contributed by atoms with Gasteiger partial charge in [-0.3, -0.25) is 0 Å². The van der Waals surface area contributed by atoms with Crippen LogP contribution in [0.25, 0.3) is 11.0 Å². The van der Waals surface area contributed by atoms with E-state index in [0.29, 0.717) is 42.9 Å². The highest BCUT2D eigenvalue weighted by atomic mass is 32.2. The zero-order chi connectivity index (χ0) is 21.8. The molecule has 0 aliphatic carbocycles. The van der Waals surface area contributed by atoms with Crippen LogP contribution in [0.1, 0.15) is 23.8 Å². The number of aromatic nitrogens is 2. The smallest absolute Gasteiger partial charge is 0.360 e. The first-order valence-corrected chi connectivity index (χ1v) is 11.7. The van der Waals surface area contributed by atoms with E-state index in [1.807, 2.05) is 23.1 Å². The largest absolute Gasteiger partial charge is 0.461 e. The van der Waals surface area contributed by atoms with Gasteiger partial charge in [-0.15, -0.1) is 0 Å². The molecule has 1 fully saturated rings. The van der Waals surface area contributed by atoms with Crippen molar-refractivity contribution in [2.45, 2.75) is 18.2 Å². The lowest BCUT2D eigenvalue weighted by Crippen LogP contribution is -2.36. The van der Waals surface area contributed by atoms with Gasteiger partial charge in [0.25, 0.3) is 0 Å². The van der Waals surface area contributed by atoms with Crippen molar-refractivity contribution in [3.05, 3.63) is 60.3 Å². The molecule has 1 aliphatic rings. The van der Waals surface area contributed by atoms with Crippen LogP contribution in [0.4, 0.5) is 5.82 Å². The number of esters is 1. The summed E-state index contributed by atoms with van der Waals surface area (Å²) in [6, 6.07) is 15.8. The summed E-state index contributed by atoms with van der Waals surface area (Å²) in [6.07, 6.45) is 0.600. The minimum Gasteiger partial charge on any atom is -0.461 e. The van der Waals surface area contributed by atoms with E-state index in [0.717, 1.165) is 0 Å². The van der Waals surface area contributed by atoms with E-state index in [1.54, 1.807) is 43.3 Å². The number of hydrogen-bond donors (Lipinski definition) is 0. The minimum absolute atomic E-state index is 0.153. The van der Waals surface area contributed by atoms with Crippen molar-refractivity contribution >= 4 is 32.8 Å². The maximum atomic E-state index is 13.0. The summed E-state index contributed by atoms with van der Waals surface area (Å²) < 4.78 is 32.7. The van der Waals surface area contributed by atoms with E-state index in [1.165, 1.54) is 4.31 Å². The molecule has 2 heterocycles. The van der Waals surface area contributed by atoms with Gasteiger partial charge in [0.2, 0.25) is 10.0 Å². The van der Waals surface area contributed by atoms with Crippen LogP contribution < -0.4 is 4.90 Å². The summed E-state index contributed by atoms with van der Waals surface area (Å²) >= 11 is 0. The van der Waals surface area contributed by atoms with Gasteiger partial charge in [-0.25, -0.2) is 23.2 Å². The third-order valence-corrected chi connectivity index (χ3v) is 7.07. The highest BCUT2D eigenvalue weighted by molar-refractivity contribution is 7.89. The van der Waals surface area contributed by atoms with E-state index in [4.69, 9.17) is 4.74 Å². The molecule has 4 rings (SSSR count). The molecular formula is C22H24N4O4S. The van der Waals surface area contributed by atoms with Gasteiger partial charge in [0.15, 0.2) is 11.5 Å². The number of nitrogens with zero attached hydrogens (tertiary/aromatic N) is 4. The lowest BCUT2D eigenvalue weighted by molar-refractivity contribution is 0.0520. The molecule has 1 saturated heterocycles. The number of ether oxygens (including phenoxy) is 1. The van der Waals surface area contributed by atoms with E-state index >= 15 is 0 Å². The molecule has 0 bridgehead atoms. The zero-order valence-electron chi connectivity index (χ0n) is 17.3. The molecule has 9 heteroatoms. The van der Waals surface area contributed by atoms with Gasteiger partial charge in [-0.1, -0.05) is 30.3 Å². The molecule has 0 N–H and O–H groups in total. The molecule has 3 aromatic rings. The Balaban J connectivity index is 1.64. The molecule has 0 atom stereocenters. The molecule has 8 nitrogen and oxygen atoms in total. The fourth-order valence-corrected chi connectivity index (χ4v) is 5.13. The summed E-state index contributed by atoms with van der Waals surface area (Å²) in [6.45, 7) is 3.60. The van der Waals surface area contributed by atoms with Crippen molar-refractivity contribution in [3.8, 4) is 0 Å². The van der Waals surface area contributed by atoms with Crippen molar-refractivity contribution in [2.24, 2.45) is 0 Å². The average Bonchev–Trinajstić information content (AvgIpc) is 3.06. The Morgan fingerprint density at radius 1 is 0.935 bits per heavy atom. The first-order chi connectivity index (χ1) is 15.0. The Morgan fingerprint density at radius 3 is 2.32 bits per heavy atom. The van der Waals surface area contributed by atoms with Gasteiger partial charge >= 0.3 is 5.97 Å². The van der Waals surface area contributed by atoms with E-state index in [2.05, 4.69) is 9.97 Å². The SMILES string of the molecule is CCOC(=O)c1nc2ccccc2nc1N1CCCN(S(=O)(=O)c2ccccc2)CC1. The van der Waals surface area contributed by atoms with Crippen LogP contribution in [0.2, 0.25) is 0 Å². The maximum absolute atomic E-state index is 13.0. The highest BCUT2D eigenvalue weighted by Gasteiger charge is 2.29. The Morgan fingerprint density at radius 2 is 1.61 bits per heavy atom. The molecule has 0 radical (unpaired) electrons. The van der Waals surface area contributed by atoms with Gasteiger partial charge < -0.3 is 9.64 Å². The van der Waals surface area contributed by atoms with Crippen LogP contribution in [-0.4, -0.2) is 61.4 Å². The number of anilines is 1. The van der Waals surface area contributed by atoms with Crippen LogP contribution >= 0.6 is 0 Å². The molecule has 0 saturated carbocycles. The molecule has 0 spiro atoms. The number of rotatable bonds is 5. The van der Waals surface area contributed by atoms with Gasteiger partial charge in [0, 0.05) is 26.2 Å². The van der Waals surface area contributed by atoms with Crippen molar-refractivity contribution in [1.29, 1.82) is 0 Å². The van der Waals surface area contributed by atoms with Crippen LogP contribution in [0.15, 0.2) is 59.5 Å². The summed E-state index contributed by atoms with van der Waals surface area (Å²) in [5.74, 6) is -0.107. The molecule has 1 aromatic heterocycles. The second kappa shape index (κ2) is 8.99. The van der Waals surface area contributed by atoms with Crippen molar-refractivity contribution in [3.63, 3.8) is 0 Å². The number of benzene rings is 2. The maximum Gasteiger partial charge on any atom is 0.360 e. The standard InChI is InChI=1S/C22H24N4O4S/c1-2-30-22(27)20-21(24-19-12-7-6-11-18(19)23-20)25-13-8-14-26(16-15-25)31(28,29)17-9-4-3-5-10-17/h3-7,9-12H,2,8,13-16H2,1H3. The molecule has 0 unspecified atom stereocenters. The van der Waals surface area contributed by atoms with Gasteiger partial charge in [0.05, 0.1) is 22.5 Å². The zero-order valence-corrected chi connectivity index (χ0v) is 18.1. The van der Waals surface area contributed by atoms with E-state index in [-0.39, 0.29) is 23.7 Å². The average molecular weight is 441 g/mol. The molecule has 31 heavy (non-hydrogen) atoms. The van der Waals surface area contributed by atoms with Crippen LogP contribution in [-0.2, 0) is 14.8 Å². The van der Waals surface area contributed by atoms with E-state index in [9.17, 15) is 13.2 Å². The predicted molar refractivity (Wildman–Crippen MR) is 118 cm³/mol. The topological polar surface area (TPSA) is 92.7 Å². The summed E-state index contributed by atoms with van der Waals surface area (Å²) in [5.41, 5.74) is 1.43. The van der Waals surface area contributed by atoms with Crippen molar-refractivity contribution in [1.82, 2.24) is 14.3 Å². The number of carbonyl (C=O) groups excluding carboxylic acids is 1. The number of para-hydroxylation sites is 2.